The number of fused-ring (bicyclic) bond motifs is 1. The Balaban J connectivity index is 1.54. The van der Waals surface area contributed by atoms with E-state index in [2.05, 4.69) is 17.3 Å². The van der Waals surface area contributed by atoms with Gasteiger partial charge in [-0.1, -0.05) is 6.92 Å². The van der Waals surface area contributed by atoms with Gasteiger partial charge in [-0.2, -0.15) is 18.3 Å². The van der Waals surface area contributed by atoms with Crippen LogP contribution in [0, 0.1) is 11.7 Å². The zero-order valence-corrected chi connectivity index (χ0v) is 16.3. The summed E-state index contributed by atoms with van der Waals surface area (Å²) in [6, 6.07) is 7.23. The van der Waals surface area contributed by atoms with Gasteiger partial charge in [0.05, 0.1) is 17.1 Å². The van der Waals surface area contributed by atoms with E-state index in [0.717, 1.165) is 48.6 Å². The first-order chi connectivity index (χ1) is 14.2. The third kappa shape index (κ3) is 4.32. The Morgan fingerprint density at radius 2 is 1.83 bits per heavy atom. The number of halogens is 4. The molecule has 30 heavy (non-hydrogen) atoms. The van der Waals surface area contributed by atoms with Crippen LogP contribution in [-0.4, -0.2) is 15.7 Å². The summed E-state index contributed by atoms with van der Waals surface area (Å²) >= 11 is 0. The molecule has 1 aromatic heterocycles. The Hall–Kier alpha value is -2.90. The summed E-state index contributed by atoms with van der Waals surface area (Å²) in [4.78, 5) is 12.4. The number of anilines is 1. The Kier molecular flexibility index (Phi) is 5.26. The van der Waals surface area contributed by atoms with Crippen LogP contribution in [0.25, 0.3) is 10.9 Å². The number of nitrogens with one attached hydrogen (secondary N) is 1. The molecule has 0 radical (unpaired) electrons. The van der Waals surface area contributed by atoms with E-state index < -0.39 is 29.0 Å². The molecule has 158 valence electrons. The number of carbonyl (C=O) groups excluding carboxylic acids is 1. The first kappa shape index (κ1) is 20.4. The molecule has 8 heteroatoms. The highest BCUT2D eigenvalue weighted by Crippen LogP contribution is 2.33. The molecule has 0 aliphatic heterocycles. The summed E-state index contributed by atoms with van der Waals surface area (Å²) in [5.41, 5.74) is -0.417. The lowest BCUT2D eigenvalue weighted by atomic mass is 9.87. The van der Waals surface area contributed by atoms with Crippen LogP contribution in [0.4, 0.5) is 23.2 Å². The molecule has 0 saturated heterocycles. The Morgan fingerprint density at radius 3 is 2.53 bits per heavy atom. The zero-order chi connectivity index (χ0) is 21.5. The van der Waals surface area contributed by atoms with Gasteiger partial charge in [0.1, 0.15) is 5.82 Å². The van der Waals surface area contributed by atoms with Crippen molar-refractivity contribution >= 4 is 22.5 Å². The van der Waals surface area contributed by atoms with Crippen LogP contribution in [0.2, 0.25) is 0 Å². The number of rotatable bonds is 3. The number of carbonyl (C=O) groups is 1. The summed E-state index contributed by atoms with van der Waals surface area (Å²) < 4.78 is 54.2. The van der Waals surface area contributed by atoms with Crippen LogP contribution in [0.5, 0.6) is 0 Å². The Morgan fingerprint density at radius 1 is 1.10 bits per heavy atom. The third-order valence-electron chi connectivity index (χ3n) is 5.63. The SMILES string of the molecule is CC1CCC(n2cc3cc(NC(=O)c4cc(F)cc(C(F)(F)F)c4)ccc3n2)CC1. The van der Waals surface area contributed by atoms with Crippen LogP contribution in [0.15, 0.2) is 42.6 Å². The maximum absolute atomic E-state index is 13.6. The van der Waals surface area contributed by atoms with Crippen molar-refractivity contribution < 1.29 is 22.4 Å². The van der Waals surface area contributed by atoms with Gasteiger partial charge in [0.15, 0.2) is 0 Å². The number of alkyl halides is 3. The second-order valence-electron chi connectivity index (χ2n) is 7.98. The van der Waals surface area contributed by atoms with Gasteiger partial charge in [-0.15, -0.1) is 0 Å². The van der Waals surface area contributed by atoms with Crippen molar-refractivity contribution in [2.45, 2.75) is 44.8 Å². The molecule has 1 aliphatic rings. The summed E-state index contributed by atoms with van der Waals surface area (Å²) in [5, 5.41) is 7.98. The number of hydrogen-bond acceptors (Lipinski definition) is 2. The van der Waals surface area contributed by atoms with E-state index >= 15 is 0 Å². The van der Waals surface area contributed by atoms with E-state index in [1.54, 1.807) is 18.2 Å². The smallest absolute Gasteiger partial charge is 0.322 e. The molecule has 1 fully saturated rings. The van der Waals surface area contributed by atoms with E-state index in [9.17, 15) is 22.4 Å². The van der Waals surface area contributed by atoms with Gasteiger partial charge in [0.25, 0.3) is 5.91 Å². The van der Waals surface area contributed by atoms with Gasteiger partial charge in [-0.25, -0.2) is 4.39 Å². The van der Waals surface area contributed by atoms with Gasteiger partial charge < -0.3 is 5.32 Å². The number of aromatic nitrogens is 2. The molecule has 0 spiro atoms. The average molecular weight is 419 g/mol. The van der Waals surface area contributed by atoms with Crippen molar-refractivity contribution in [3.8, 4) is 0 Å². The highest BCUT2D eigenvalue weighted by molar-refractivity contribution is 6.05. The lowest BCUT2D eigenvalue weighted by molar-refractivity contribution is -0.137. The molecule has 3 aromatic rings. The molecule has 4 nitrogen and oxygen atoms in total. The Labute approximate surface area is 170 Å². The molecule has 0 atom stereocenters. The van der Waals surface area contributed by atoms with Crippen molar-refractivity contribution in [3.63, 3.8) is 0 Å². The van der Waals surface area contributed by atoms with E-state index in [4.69, 9.17) is 0 Å². The van der Waals surface area contributed by atoms with Gasteiger partial charge in [0, 0.05) is 22.8 Å². The lowest BCUT2D eigenvalue weighted by Crippen LogP contribution is -2.16. The van der Waals surface area contributed by atoms with E-state index in [0.29, 0.717) is 23.9 Å². The van der Waals surface area contributed by atoms with E-state index in [-0.39, 0.29) is 0 Å². The average Bonchev–Trinajstić information content (AvgIpc) is 3.10. The maximum Gasteiger partial charge on any atom is 0.416 e. The molecule has 1 N–H and O–H groups in total. The van der Waals surface area contributed by atoms with Crippen molar-refractivity contribution in [3.05, 3.63) is 59.5 Å². The van der Waals surface area contributed by atoms with E-state index in [1.807, 2.05) is 10.9 Å². The maximum atomic E-state index is 13.6. The summed E-state index contributed by atoms with van der Waals surface area (Å²) in [6.07, 6.45) is 1.66. The van der Waals surface area contributed by atoms with Crippen LogP contribution in [-0.2, 0) is 6.18 Å². The molecule has 1 aliphatic carbocycles. The molecular formula is C22H21F4N3O. The second-order valence-corrected chi connectivity index (χ2v) is 7.98. The molecule has 0 bridgehead atoms. The molecular weight excluding hydrogens is 398 g/mol. The normalized spacial score (nSPS) is 19.8. The number of nitrogens with zero attached hydrogens (tertiary/aromatic N) is 2. The predicted octanol–water partition coefficient (Wildman–Crippen LogP) is 6.20. The summed E-state index contributed by atoms with van der Waals surface area (Å²) in [7, 11) is 0. The largest absolute Gasteiger partial charge is 0.416 e. The first-order valence-corrected chi connectivity index (χ1v) is 9.87. The highest BCUT2D eigenvalue weighted by Gasteiger charge is 2.32. The number of hydrogen-bond donors (Lipinski definition) is 1. The fraction of sp³-hybridized carbons (Fsp3) is 0.364. The quantitative estimate of drug-likeness (QED) is 0.514. The van der Waals surface area contributed by atoms with Gasteiger partial charge in [-0.05, 0) is 68.0 Å². The van der Waals surface area contributed by atoms with Gasteiger partial charge in [0.2, 0.25) is 0 Å². The molecule has 1 saturated carbocycles. The molecule has 4 rings (SSSR count). The Bertz CT molecular complexity index is 1080. The minimum Gasteiger partial charge on any atom is -0.322 e. The van der Waals surface area contributed by atoms with Crippen LogP contribution in [0.3, 0.4) is 0 Å². The van der Waals surface area contributed by atoms with Gasteiger partial charge in [-0.3, -0.25) is 9.48 Å². The highest BCUT2D eigenvalue weighted by atomic mass is 19.4. The molecule has 0 unspecified atom stereocenters. The lowest BCUT2D eigenvalue weighted by Gasteiger charge is -2.26. The monoisotopic (exact) mass is 419 g/mol. The number of benzene rings is 2. The van der Waals surface area contributed by atoms with Crippen molar-refractivity contribution in [2.24, 2.45) is 5.92 Å². The molecule has 1 amide bonds. The van der Waals surface area contributed by atoms with Gasteiger partial charge >= 0.3 is 6.18 Å². The molecule has 2 aromatic carbocycles. The topological polar surface area (TPSA) is 46.9 Å². The van der Waals surface area contributed by atoms with Crippen LogP contribution < -0.4 is 5.32 Å². The minimum absolute atomic E-state index is 0.347. The summed E-state index contributed by atoms with van der Waals surface area (Å²) in [5.74, 6) is -1.20. The fourth-order valence-electron chi connectivity index (χ4n) is 3.90. The first-order valence-electron chi connectivity index (χ1n) is 9.87. The summed E-state index contributed by atoms with van der Waals surface area (Å²) in [6.45, 7) is 2.25. The van der Waals surface area contributed by atoms with E-state index in [1.165, 1.54) is 0 Å². The predicted molar refractivity (Wildman–Crippen MR) is 106 cm³/mol. The van der Waals surface area contributed by atoms with Crippen molar-refractivity contribution in [2.75, 3.05) is 5.32 Å². The second kappa shape index (κ2) is 7.74. The van der Waals surface area contributed by atoms with Crippen molar-refractivity contribution in [1.82, 2.24) is 9.78 Å². The van der Waals surface area contributed by atoms with Crippen LogP contribution in [0.1, 0.15) is 54.6 Å². The minimum atomic E-state index is -4.73. The number of amides is 1. The van der Waals surface area contributed by atoms with Crippen LogP contribution >= 0.6 is 0 Å². The fourth-order valence-corrected chi connectivity index (χ4v) is 3.90. The molecule has 1 heterocycles. The third-order valence-corrected chi connectivity index (χ3v) is 5.63. The van der Waals surface area contributed by atoms with Crippen molar-refractivity contribution in [1.29, 1.82) is 0 Å². The standard InChI is InChI=1S/C22H21F4N3O/c1-13-2-5-19(6-3-13)29-12-15-10-18(4-7-20(15)28-29)27-21(30)14-8-16(22(24,25)26)11-17(23)9-14/h4,7-13,19H,2-3,5-6H2,1H3,(H,27,30). The zero-order valence-electron chi connectivity index (χ0n) is 16.3.